The Hall–Kier alpha value is -4.40. The molecule has 0 fully saturated rings. The molecule has 2 amide bonds. The molecular formula is C28H32N2O7. The maximum atomic E-state index is 12.8. The zero-order chi connectivity index (χ0) is 27.8. The molecule has 2 aromatic carbocycles. The molecule has 37 heavy (non-hydrogen) atoms. The second kappa shape index (κ2) is 12.5. The van der Waals surface area contributed by atoms with Crippen LogP contribution in [0, 0.1) is 0 Å². The van der Waals surface area contributed by atoms with Crippen LogP contribution in [0.4, 0.5) is 4.79 Å². The number of nitrogens with one attached hydrogen (secondary N) is 1. The third kappa shape index (κ3) is 8.96. The number of hydrogen-bond donors (Lipinski definition) is 2. The van der Waals surface area contributed by atoms with Crippen LogP contribution in [0.25, 0.3) is 18.2 Å². The van der Waals surface area contributed by atoms with E-state index in [1.807, 2.05) is 24.3 Å². The maximum Gasteiger partial charge on any atom is 0.410 e. The molecule has 0 spiro atoms. The van der Waals surface area contributed by atoms with Crippen molar-refractivity contribution in [2.75, 3.05) is 14.2 Å². The van der Waals surface area contributed by atoms with E-state index in [9.17, 15) is 19.2 Å². The first-order valence-electron chi connectivity index (χ1n) is 11.5. The second-order valence-corrected chi connectivity index (χ2v) is 9.23. The van der Waals surface area contributed by atoms with Gasteiger partial charge >= 0.3 is 18.0 Å². The van der Waals surface area contributed by atoms with Crippen LogP contribution in [0.1, 0.15) is 54.7 Å². The summed E-state index contributed by atoms with van der Waals surface area (Å²) in [7, 11) is 2.64. The molecule has 196 valence electrons. The number of carbonyl (C=O) groups is 4. The first kappa shape index (κ1) is 28.8. The molecule has 0 aliphatic heterocycles. The lowest BCUT2D eigenvalue weighted by Crippen LogP contribution is -2.47. The standard InChI is InChI=1S/C28H32N2O7/c1-18(30(5)27(35)37-28(2,3)4)24(31)29-23(26(34)36-6)17-21-11-9-19(10-12-21)7-8-20-13-15-22(16-14-20)25(32)33/h7-18H,1-6H3,(H,29,31)(H,32,33)/b8-7+,23-17+/t18-/m0/s1. The van der Waals surface area contributed by atoms with E-state index in [4.69, 9.17) is 14.6 Å². The van der Waals surface area contributed by atoms with Gasteiger partial charge in [0.05, 0.1) is 12.7 Å². The molecule has 0 unspecified atom stereocenters. The Kier molecular flexibility index (Phi) is 9.76. The first-order chi connectivity index (χ1) is 17.3. The first-order valence-corrected chi connectivity index (χ1v) is 11.5. The summed E-state index contributed by atoms with van der Waals surface area (Å²) < 4.78 is 10.1. The SMILES string of the molecule is COC(=O)/C(=C\c1ccc(/C=C/c2ccc(C(=O)O)cc2)cc1)NC(=O)[C@H](C)N(C)C(=O)OC(C)(C)C. The summed E-state index contributed by atoms with van der Waals surface area (Å²) in [4.78, 5) is 49.4. The lowest BCUT2D eigenvalue weighted by Gasteiger charge is -2.28. The highest BCUT2D eigenvalue weighted by Crippen LogP contribution is 2.14. The number of hydrogen-bond acceptors (Lipinski definition) is 6. The van der Waals surface area contributed by atoms with Gasteiger partial charge in [0.25, 0.3) is 0 Å². The van der Waals surface area contributed by atoms with Gasteiger partial charge in [0, 0.05) is 7.05 Å². The third-order valence-electron chi connectivity index (χ3n) is 5.18. The van der Waals surface area contributed by atoms with Crippen molar-refractivity contribution in [3.05, 3.63) is 76.5 Å². The molecule has 2 aromatic rings. The lowest BCUT2D eigenvalue weighted by molar-refractivity contribution is -0.138. The van der Waals surface area contributed by atoms with Crippen molar-refractivity contribution in [3.63, 3.8) is 0 Å². The molecule has 9 heteroatoms. The molecule has 2 rings (SSSR count). The number of carboxylic acid groups (broad SMARTS) is 1. The second-order valence-electron chi connectivity index (χ2n) is 9.23. The molecule has 0 aromatic heterocycles. The van der Waals surface area contributed by atoms with Gasteiger partial charge in [0.15, 0.2) is 0 Å². The van der Waals surface area contributed by atoms with Crippen molar-refractivity contribution in [3.8, 4) is 0 Å². The topological polar surface area (TPSA) is 122 Å². The fraction of sp³-hybridized carbons (Fsp3) is 0.286. The largest absolute Gasteiger partial charge is 0.478 e. The fourth-order valence-corrected chi connectivity index (χ4v) is 2.96. The normalized spacial score (nSPS) is 12.5. The minimum atomic E-state index is -0.980. The number of carbonyl (C=O) groups excluding carboxylic acids is 3. The number of aromatic carboxylic acids is 1. The molecule has 2 N–H and O–H groups in total. The highest BCUT2D eigenvalue weighted by atomic mass is 16.6. The van der Waals surface area contributed by atoms with Crippen molar-refractivity contribution in [2.24, 2.45) is 0 Å². The van der Waals surface area contributed by atoms with Crippen LogP contribution in [0.5, 0.6) is 0 Å². The van der Waals surface area contributed by atoms with Gasteiger partial charge < -0.3 is 19.9 Å². The molecular weight excluding hydrogens is 476 g/mol. The van der Waals surface area contributed by atoms with Crippen LogP contribution >= 0.6 is 0 Å². The van der Waals surface area contributed by atoms with Crippen molar-refractivity contribution >= 4 is 42.2 Å². The summed E-state index contributed by atoms with van der Waals surface area (Å²) in [6, 6.07) is 12.7. The summed E-state index contributed by atoms with van der Waals surface area (Å²) in [5.74, 6) is -2.31. The number of methoxy groups -OCH3 is 1. The van der Waals surface area contributed by atoms with Gasteiger partial charge in [-0.25, -0.2) is 14.4 Å². The molecule has 0 radical (unpaired) electrons. The highest BCUT2D eigenvalue weighted by molar-refractivity contribution is 5.99. The number of carboxylic acids is 1. The van der Waals surface area contributed by atoms with Crippen LogP contribution in [0.3, 0.4) is 0 Å². The molecule has 0 bridgehead atoms. The van der Waals surface area contributed by atoms with E-state index in [-0.39, 0.29) is 11.3 Å². The Bertz CT molecular complexity index is 1190. The van der Waals surface area contributed by atoms with E-state index < -0.39 is 35.6 Å². The zero-order valence-corrected chi connectivity index (χ0v) is 21.8. The number of amides is 2. The summed E-state index contributed by atoms with van der Waals surface area (Å²) >= 11 is 0. The van der Waals surface area contributed by atoms with Gasteiger partial charge in [-0.2, -0.15) is 0 Å². The van der Waals surface area contributed by atoms with Crippen LogP contribution in [0.2, 0.25) is 0 Å². The minimum Gasteiger partial charge on any atom is -0.478 e. The molecule has 0 saturated heterocycles. The summed E-state index contributed by atoms with van der Waals surface area (Å²) in [5, 5.41) is 11.5. The Morgan fingerprint density at radius 3 is 1.86 bits per heavy atom. The van der Waals surface area contributed by atoms with Gasteiger partial charge in [-0.1, -0.05) is 48.6 Å². The smallest absolute Gasteiger partial charge is 0.410 e. The number of rotatable bonds is 8. The summed E-state index contributed by atoms with van der Waals surface area (Å²) in [5.41, 5.74) is 1.76. The number of benzene rings is 2. The monoisotopic (exact) mass is 508 g/mol. The molecule has 0 heterocycles. The van der Waals surface area contributed by atoms with Gasteiger partial charge in [0.1, 0.15) is 17.3 Å². The molecule has 0 saturated carbocycles. The predicted molar refractivity (Wildman–Crippen MR) is 140 cm³/mol. The molecule has 9 nitrogen and oxygen atoms in total. The van der Waals surface area contributed by atoms with E-state index in [0.717, 1.165) is 16.0 Å². The maximum absolute atomic E-state index is 12.8. The Morgan fingerprint density at radius 2 is 1.41 bits per heavy atom. The van der Waals surface area contributed by atoms with Crippen molar-refractivity contribution < 1.29 is 33.8 Å². The minimum absolute atomic E-state index is 0.0845. The predicted octanol–water partition coefficient (Wildman–Crippen LogP) is 4.44. The number of likely N-dealkylation sites (N-methyl/N-ethyl adjacent to an activating group) is 1. The highest BCUT2D eigenvalue weighted by Gasteiger charge is 2.28. The Labute approximate surface area is 216 Å². The number of nitrogens with zero attached hydrogens (tertiary/aromatic N) is 1. The van der Waals surface area contributed by atoms with Gasteiger partial charge in [-0.05, 0) is 62.6 Å². The Balaban J connectivity index is 2.13. The molecule has 0 aliphatic carbocycles. The van der Waals surface area contributed by atoms with Crippen LogP contribution in [-0.4, -0.2) is 59.7 Å². The Morgan fingerprint density at radius 1 is 0.919 bits per heavy atom. The summed E-state index contributed by atoms with van der Waals surface area (Å²) in [6.45, 7) is 6.69. The average Bonchev–Trinajstić information content (AvgIpc) is 2.85. The van der Waals surface area contributed by atoms with E-state index in [1.54, 1.807) is 45.0 Å². The number of esters is 1. The van der Waals surface area contributed by atoms with E-state index in [2.05, 4.69) is 5.32 Å². The van der Waals surface area contributed by atoms with Crippen LogP contribution in [-0.2, 0) is 19.1 Å². The third-order valence-corrected chi connectivity index (χ3v) is 5.18. The average molecular weight is 509 g/mol. The van der Waals surface area contributed by atoms with Crippen molar-refractivity contribution in [2.45, 2.75) is 39.3 Å². The molecule has 1 atom stereocenters. The van der Waals surface area contributed by atoms with Gasteiger partial charge in [0.2, 0.25) is 5.91 Å². The lowest BCUT2D eigenvalue weighted by atomic mass is 10.1. The quantitative estimate of drug-likeness (QED) is 0.307. The van der Waals surface area contributed by atoms with Gasteiger partial charge in [-0.3, -0.25) is 9.69 Å². The van der Waals surface area contributed by atoms with Gasteiger partial charge in [-0.15, -0.1) is 0 Å². The zero-order valence-electron chi connectivity index (χ0n) is 21.8. The van der Waals surface area contributed by atoms with Crippen LogP contribution in [0.15, 0.2) is 54.2 Å². The fourth-order valence-electron chi connectivity index (χ4n) is 2.96. The summed E-state index contributed by atoms with van der Waals surface area (Å²) in [6.07, 6.45) is 4.52. The van der Waals surface area contributed by atoms with Crippen molar-refractivity contribution in [1.82, 2.24) is 10.2 Å². The van der Waals surface area contributed by atoms with Crippen molar-refractivity contribution in [1.29, 1.82) is 0 Å². The number of ether oxygens (including phenoxy) is 2. The van der Waals surface area contributed by atoms with E-state index in [1.165, 1.54) is 39.3 Å². The van der Waals surface area contributed by atoms with E-state index >= 15 is 0 Å². The van der Waals surface area contributed by atoms with Crippen LogP contribution < -0.4 is 5.32 Å². The molecule has 0 aliphatic rings. The van der Waals surface area contributed by atoms with E-state index in [0.29, 0.717) is 5.56 Å².